The monoisotopic (exact) mass is 299 g/mol. The molecule has 4 nitrogen and oxygen atoms in total. The second kappa shape index (κ2) is 6.01. The van der Waals surface area contributed by atoms with Gasteiger partial charge in [0.25, 0.3) is 0 Å². The Bertz CT molecular complexity index is 570. The molecular weight excluding hydrogens is 282 g/mol. The Kier molecular flexibility index (Phi) is 4.58. The number of nitrogens with zero attached hydrogens (tertiary/aromatic N) is 3. The van der Waals surface area contributed by atoms with Crippen LogP contribution in [0.2, 0.25) is 0 Å². The van der Waals surface area contributed by atoms with Crippen molar-refractivity contribution >= 4 is 34.5 Å². The number of methoxy groups -OCH3 is 1. The van der Waals surface area contributed by atoms with E-state index in [-0.39, 0.29) is 5.38 Å². The SMILES string of the molecule is COc1ccc2nc(C(C)Cl)n(CC(C)SC)c2n1. The Morgan fingerprint density at radius 3 is 2.68 bits per heavy atom. The van der Waals surface area contributed by atoms with Gasteiger partial charge in [-0.1, -0.05) is 6.92 Å². The second-order valence-electron chi connectivity index (χ2n) is 4.44. The van der Waals surface area contributed by atoms with Crippen molar-refractivity contribution in [2.75, 3.05) is 13.4 Å². The van der Waals surface area contributed by atoms with Gasteiger partial charge in [-0.15, -0.1) is 11.6 Å². The summed E-state index contributed by atoms with van der Waals surface area (Å²) in [5.41, 5.74) is 1.69. The molecule has 0 bridgehead atoms. The molecule has 0 saturated carbocycles. The summed E-state index contributed by atoms with van der Waals surface area (Å²) in [4.78, 5) is 9.07. The van der Waals surface area contributed by atoms with Gasteiger partial charge >= 0.3 is 0 Å². The molecule has 0 N–H and O–H groups in total. The van der Waals surface area contributed by atoms with Crippen LogP contribution in [0, 0.1) is 0 Å². The maximum atomic E-state index is 6.23. The smallest absolute Gasteiger partial charge is 0.215 e. The molecule has 0 saturated heterocycles. The molecule has 19 heavy (non-hydrogen) atoms. The van der Waals surface area contributed by atoms with Crippen molar-refractivity contribution in [3.05, 3.63) is 18.0 Å². The van der Waals surface area contributed by atoms with Crippen molar-refractivity contribution in [1.29, 1.82) is 0 Å². The van der Waals surface area contributed by atoms with Crippen LogP contribution in [0.1, 0.15) is 25.0 Å². The van der Waals surface area contributed by atoms with Gasteiger partial charge in [0.15, 0.2) is 5.65 Å². The molecule has 0 radical (unpaired) electrons. The van der Waals surface area contributed by atoms with Gasteiger partial charge in [-0.25, -0.2) is 4.98 Å². The maximum absolute atomic E-state index is 6.23. The van der Waals surface area contributed by atoms with Crippen LogP contribution in [-0.2, 0) is 6.54 Å². The Morgan fingerprint density at radius 2 is 2.11 bits per heavy atom. The van der Waals surface area contributed by atoms with Gasteiger partial charge in [-0.3, -0.25) is 0 Å². The molecule has 2 rings (SSSR count). The lowest BCUT2D eigenvalue weighted by Gasteiger charge is -2.14. The van der Waals surface area contributed by atoms with Gasteiger partial charge in [0.2, 0.25) is 5.88 Å². The van der Waals surface area contributed by atoms with Crippen molar-refractivity contribution in [3.63, 3.8) is 0 Å². The summed E-state index contributed by atoms with van der Waals surface area (Å²) in [6.07, 6.45) is 2.10. The van der Waals surface area contributed by atoms with Crippen molar-refractivity contribution in [1.82, 2.24) is 14.5 Å². The Hall–Kier alpha value is -0.940. The average molecular weight is 300 g/mol. The van der Waals surface area contributed by atoms with Crippen LogP contribution >= 0.6 is 23.4 Å². The number of hydrogen-bond donors (Lipinski definition) is 0. The zero-order chi connectivity index (χ0) is 14.0. The number of fused-ring (bicyclic) bond motifs is 1. The lowest BCUT2D eigenvalue weighted by molar-refractivity contribution is 0.399. The lowest BCUT2D eigenvalue weighted by atomic mass is 10.4. The molecule has 104 valence electrons. The molecule has 0 aromatic carbocycles. The number of halogens is 1. The third-order valence-corrected chi connectivity index (χ3v) is 4.15. The number of alkyl halides is 1. The number of rotatable bonds is 5. The van der Waals surface area contributed by atoms with Gasteiger partial charge in [0.05, 0.1) is 12.5 Å². The third kappa shape index (κ3) is 2.98. The quantitative estimate of drug-likeness (QED) is 0.792. The van der Waals surface area contributed by atoms with E-state index in [2.05, 4.69) is 27.7 Å². The summed E-state index contributed by atoms with van der Waals surface area (Å²) in [5, 5.41) is 0.328. The van der Waals surface area contributed by atoms with Crippen LogP contribution in [-0.4, -0.2) is 33.2 Å². The number of hydrogen-bond acceptors (Lipinski definition) is 4. The second-order valence-corrected chi connectivity index (χ2v) is 6.37. The molecule has 0 fully saturated rings. The maximum Gasteiger partial charge on any atom is 0.215 e. The molecule has 2 aromatic rings. The van der Waals surface area contributed by atoms with Gasteiger partial charge in [-0.05, 0) is 19.2 Å². The number of thioether (sulfide) groups is 1. The number of aromatic nitrogens is 3. The highest BCUT2D eigenvalue weighted by molar-refractivity contribution is 7.99. The Balaban J connectivity index is 2.56. The van der Waals surface area contributed by atoms with E-state index in [1.165, 1.54) is 0 Å². The minimum Gasteiger partial charge on any atom is -0.481 e. The molecule has 0 aliphatic carbocycles. The number of ether oxygens (including phenoxy) is 1. The summed E-state index contributed by atoms with van der Waals surface area (Å²) in [6, 6.07) is 3.74. The molecule has 2 unspecified atom stereocenters. The van der Waals surface area contributed by atoms with Gasteiger partial charge in [0, 0.05) is 17.9 Å². The van der Waals surface area contributed by atoms with E-state index in [9.17, 15) is 0 Å². The third-order valence-electron chi connectivity index (χ3n) is 3.00. The largest absolute Gasteiger partial charge is 0.481 e. The fraction of sp³-hybridized carbons (Fsp3) is 0.538. The molecular formula is C13H18ClN3OS. The number of imidazole rings is 1. The highest BCUT2D eigenvalue weighted by Gasteiger charge is 2.18. The van der Waals surface area contributed by atoms with E-state index < -0.39 is 0 Å². The van der Waals surface area contributed by atoms with E-state index >= 15 is 0 Å². The lowest BCUT2D eigenvalue weighted by Crippen LogP contribution is -2.13. The van der Waals surface area contributed by atoms with Crippen molar-refractivity contribution in [3.8, 4) is 5.88 Å². The Labute approximate surface area is 122 Å². The predicted octanol–water partition coefficient (Wildman–Crippen LogP) is 3.49. The molecule has 0 amide bonds. The molecule has 0 aliphatic rings. The van der Waals surface area contributed by atoms with E-state index in [4.69, 9.17) is 16.3 Å². The fourth-order valence-electron chi connectivity index (χ4n) is 1.93. The molecule has 6 heteroatoms. The molecule has 2 heterocycles. The molecule has 0 aliphatic heterocycles. The van der Waals surface area contributed by atoms with Gasteiger partial charge < -0.3 is 9.30 Å². The fourth-order valence-corrected chi connectivity index (χ4v) is 2.40. The summed E-state index contributed by atoms with van der Waals surface area (Å²) < 4.78 is 7.28. The van der Waals surface area contributed by atoms with Crippen LogP contribution in [0.3, 0.4) is 0 Å². The first-order valence-electron chi connectivity index (χ1n) is 6.14. The van der Waals surface area contributed by atoms with Crippen LogP contribution in [0.15, 0.2) is 12.1 Å². The van der Waals surface area contributed by atoms with Gasteiger partial charge in [0.1, 0.15) is 11.3 Å². The highest BCUT2D eigenvalue weighted by Crippen LogP contribution is 2.26. The molecule has 2 atom stereocenters. The summed E-state index contributed by atoms with van der Waals surface area (Å²) in [5.74, 6) is 1.46. The minimum absolute atomic E-state index is 0.144. The van der Waals surface area contributed by atoms with Crippen molar-refractivity contribution in [2.24, 2.45) is 0 Å². The van der Waals surface area contributed by atoms with E-state index in [1.807, 2.05) is 30.8 Å². The molecule has 2 aromatic heterocycles. The van der Waals surface area contributed by atoms with Gasteiger partial charge in [-0.2, -0.15) is 16.7 Å². The van der Waals surface area contributed by atoms with E-state index in [0.717, 1.165) is 23.5 Å². The normalized spacial score (nSPS) is 14.6. The van der Waals surface area contributed by atoms with Crippen molar-refractivity contribution < 1.29 is 4.74 Å². The summed E-state index contributed by atoms with van der Waals surface area (Å²) in [6.45, 7) is 4.95. The van der Waals surface area contributed by atoms with Crippen LogP contribution in [0.25, 0.3) is 11.2 Å². The number of pyridine rings is 1. The van der Waals surface area contributed by atoms with E-state index in [0.29, 0.717) is 11.1 Å². The first-order chi connectivity index (χ1) is 9.06. The van der Waals surface area contributed by atoms with Crippen molar-refractivity contribution in [2.45, 2.75) is 31.0 Å². The minimum atomic E-state index is -0.144. The van der Waals surface area contributed by atoms with Crippen LogP contribution < -0.4 is 4.74 Å². The summed E-state index contributed by atoms with van der Waals surface area (Å²) in [7, 11) is 1.62. The van der Waals surface area contributed by atoms with E-state index in [1.54, 1.807) is 7.11 Å². The zero-order valence-electron chi connectivity index (χ0n) is 11.6. The first kappa shape index (κ1) is 14.5. The summed E-state index contributed by atoms with van der Waals surface area (Å²) >= 11 is 8.04. The first-order valence-corrected chi connectivity index (χ1v) is 7.87. The standard InChI is InChI=1S/C13H18ClN3OS/c1-8(19-4)7-17-12(9(2)14)15-10-5-6-11(18-3)16-13(10)17/h5-6,8-9H,7H2,1-4H3. The molecule has 0 spiro atoms. The average Bonchev–Trinajstić information content (AvgIpc) is 2.76. The topological polar surface area (TPSA) is 39.9 Å². The Morgan fingerprint density at radius 1 is 1.37 bits per heavy atom. The highest BCUT2D eigenvalue weighted by atomic mass is 35.5. The zero-order valence-corrected chi connectivity index (χ0v) is 13.1. The van der Waals surface area contributed by atoms with Crippen LogP contribution in [0.5, 0.6) is 5.88 Å². The van der Waals surface area contributed by atoms with Crippen LogP contribution in [0.4, 0.5) is 0 Å². The predicted molar refractivity (Wildman–Crippen MR) is 81.3 cm³/mol.